The molecule has 1 rings (SSSR count). The van der Waals surface area contributed by atoms with E-state index in [1.165, 1.54) is 38.9 Å². The largest absolute Gasteiger partial charge is 0.330 e. The topological polar surface area (TPSA) is 29.3 Å². The van der Waals surface area contributed by atoms with E-state index in [1.54, 1.807) is 0 Å². The molecule has 2 N–H and O–H groups in total. The number of nitrogens with two attached hydrogens (primary N) is 1. The first kappa shape index (κ1) is 10.9. The van der Waals surface area contributed by atoms with Gasteiger partial charge in [0.15, 0.2) is 0 Å². The van der Waals surface area contributed by atoms with Gasteiger partial charge in [-0.25, -0.2) is 0 Å². The molecule has 0 aliphatic carbocycles. The van der Waals surface area contributed by atoms with Crippen molar-refractivity contribution < 1.29 is 1.43 Å². The molecule has 0 aromatic rings. The number of hydrogen-bond acceptors (Lipinski definition) is 2. The van der Waals surface area contributed by atoms with Gasteiger partial charge in [-0.1, -0.05) is 13.8 Å². The first-order valence-corrected chi connectivity index (χ1v) is 4.86. The van der Waals surface area contributed by atoms with Gasteiger partial charge in [0, 0.05) is 1.43 Å². The Hall–Kier alpha value is -0.0800. The summed E-state index contributed by atoms with van der Waals surface area (Å²) >= 11 is 0. The summed E-state index contributed by atoms with van der Waals surface area (Å²) in [5.74, 6) is 0. The molecule has 0 radical (unpaired) electrons. The van der Waals surface area contributed by atoms with Crippen LogP contribution in [0.15, 0.2) is 0 Å². The Morgan fingerprint density at radius 2 is 1.82 bits per heavy atom. The molecule has 1 saturated heterocycles. The summed E-state index contributed by atoms with van der Waals surface area (Å²) in [6.07, 6.45) is 3.95. The fourth-order valence-electron chi connectivity index (χ4n) is 1.32. The Labute approximate surface area is 72.2 Å². The highest BCUT2D eigenvalue weighted by Crippen LogP contribution is 2.06. The molecule has 2 nitrogen and oxygen atoms in total. The molecule has 1 fully saturated rings. The van der Waals surface area contributed by atoms with Crippen LogP contribution in [0, 0.1) is 0 Å². The van der Waals surface area contributed by atoms with Gasteiger partial charge in [0.05, 0.1) is 0 Å². The van der Waals surface area contributed by atoms with E-state index in [2.05, 4.69) is 4.90 Å². The molecular weight excluding hydrogens is 136 g/mol. The lowest BCUT2D eigenvalue weighted by molar-refractivity contribution is 0.336. The summed E-state index contributed by atoms with van der Waals surface area (Å²) in [4.78, 5) is 2.49. The molecule has 0 aromatic carbocycles. The van der Waals surface area contributed by atoms with E-state index in [0.717, 1.165) is 6.54 Å². The van der Waals surface area contributed by atoms with Gasteiger partial charge >= 0.3 is 0 Å². The zero-order valence-electron chi connectivity index (χ0n) is 7.97. The third kappa shape index (κ3) is 5.22. The maximum absolute atomic E-state index is 5.38. The molecule has 0 bridgehead atoms. The van der Waals surface area contributed by atoms with E-state index in [0.29, 0.717) is 0 Å². The quantitative estimate of drug-likeness (QED) is 0.681. The summed E-state index contributed by atoms with van der Waals surface area (Å²) < 4.78 is 0. The molecule has 1 aliphatic rings. The van der Waals surface area contributed by atoms with Gasteiger partial charge in [-0.05, 0) is 45.4 Å². The Morgan fingerprint density at radius 3 is 2.27 bits per heavy atom. The molecule has 2 heteroatoms. The summed E-state index contributed by atoms with van der Waals surface area (Å²) in [5.41, 5.74) is 5.38. The van der Waals surface area contributed by atoms with Crippen LogP contribution in [-0.4, -0.2) is 31.1 Å². The van der Waals surface area contributed by atoms with E-state index in [-0.39, 0.29) is 1.43 Å². The van der Waals surface area contributed by atoms with Crippen molar-refractivity contribution in [3.8, 4) is 0 Å². The molecule has 0 amide bonds. The predicted molar refractivity (Wildman–Crippen MR) is 52.8 cm³/mol. The highest BCUT2D eigenvalue weighted by Gasteiger charge is 2.09. The second kappa shape index (κ2) is 8.02. The van der Waals surface area contributed by atoms with Crippen molar-refractivity contribution in [1.29, 1.82) is 0 Å². The third-order valence-electron chi connectivity index (χ3n) is 1.88. The van der Waals surface area contributed by atoms with E-state index in [9.17, 15) is 0 Å². The Balaban J connectivity index is 0. The van der Waals surface area contributed by atoms with Crippen LogP contribution in [0.3, 0.4) is 0 Å². The SMILES string of the molecule is CC.NCCCN1CCCC1.[HH]. The summed E-state index contributed by atoms with van der Waals surface area (Å²) in [7, 11) is 0. The second-order valence-electron chi connectivity index (χ2n) is 2.69. The molecule has 0 unspecified atom stereocenters. The number of rotatable bonds is 3. The van der Waals surface area contributed by atoms with Crippen molar-refractivity contribution in [3.05, 3.63) is 0 Å². The maximum Gasteiger partial charge on any atom is 0 e. The maximum atomic E-state index is 5.38. The van der Waals surface area contributed by atoms with E-state index < -0.39 is 0 Å². The highest BCUT2D eigenvalue weighted by molar-refractivity contribution is 4.65. The summed E-state index contributed by atoms with van der Waals surface area (Å²) in [6.45, 7) is 8.67. The molecule has 0 spiro atoms. The van der Waals surface area contributed by atoms with Crippen LogP contribution in [0.25, 0.3) is 0 Å². The van der Waals surface area contributed by atoms with Crippen molar-refractivity contribution in [2.75, 3.05) is 26.2 Å². The first-order chi connectivity index (χ1) is 5.43. The molecular formula is C9H24N2. The lowest BCUT2D eigenvalue weighted by Gasteiger charge is -2.12. The van der Waals surface area contributed by atoms with Crippen LogP contribution in [0.2, 0.25) is 0 Å². The van der Waals surface area contributed by atoms with Crippen molar-refractivity contribution in [1.82, 2.24) is 4.90 Å². The minimum Gasteiger partial charge on any atom is -0.330 e. The van der Waals surface area contributed by atoms with Crippen LogP contribution >= 0.6 is 0 Å². The van der Waals surface area contributed by atoms with Crippen LogP contribution in [-0.2, 0) is 0 Å². The van der Waals surface area contributed by atoms with Crippen molar-refractivity contribution in [2.45, 2.75) is 33.1 Å². The smallest absolute Gasteiger partial charge is 0 e. The van der Waals surface area contributed by atoms with E-state index >= 15 is 0 Å². The highest BCUT2D eigenvalue weighted by atomic mass is 15.1. The molecule has 0 atom stereocenters. The monoisotopic (exact) mass is 160 g/mol. The molecule has 0 aromatic heterocycles. The van der Waals surface area contributed by atoms with Crippen LogP contribution < -0.4 is 5.73 Å². The molecule has 70 valence electrons. The van der Waals surface area contributed by atoms with Gasteiger partial charge in [-0.2, -0.15) is 0 Å². The second-order valence-corrected chi connectivity index (χ2v) is 2.69. The van der Waals surface area contributed by atoms with Crippen LogP contribution in [0.5, 0.6) is 0 Å². The van der Waals surface area contributed by atoms with Crippen LogP contribution in [0.4, 0.5) is 0 Å². The van der Waals surface area contributed by atoms with Crippen LogP contribution in [0.1, 0.15) is 34.5 Å². The summed E-state index contributed by atoms with van der Waals surface area (Å²) in [6, 6.07) is 0. The fourth-order valence-corrected chi connectivity index (χ4v) is 1.32. The van der Waals surface area contributed by atoms with E-state index in [4.69, 9.17) is 5.73 Å². The number of likely N-dealkylation sites (tertiary alicyclic amines) is 1. The predicted octanol–water partition coefficient (Wildman–Crippen LogP) is 1.70. The third-order valence-corrected chi connectivity index (χ3v) is 1.88. The number of nitrogens with zero attached hydrogens (tertiary/aromatic N) is 1. The normalized spacial score (nSPS) is 17.7. The summed E-state index contributed by atoms with van der Waals surface area (Å²) in [5, 5.41) is 0. The van der Waals surface area contributed by atoms with Gasteiger partial charge in [0.1, 0.15) is 0 Å². The van der Waals surface area contributed by atoms with Gasteiger partial charge in [-0.3, -0.25) is 0 Å². The Kier molecular flexibility index (Phi) is 7.96. The molecule has 1 heterocycles. The average Bonchev–Trinajstić information content (AvgIpc) is 2.57. The van der Waals surface area contributed by atoms with Gasteiger partial charge < -0.3 is 10.6 Å². The lowest BCUT2D eigenvalue weighted by Crippen LogP contribution is -2.22. The minimum atomic E-state index is 0. The number of hydrogen-bond donors (Lipinski definition) is 1. The van der Waals surface area contributed by atoms with Crippen molar-refractivity contribution in [2.24, 2.45) is 5.73 Å². The van der Waals surface area contributed by atoms with Gasteiger partial charge in [0.25, 0.3) is 0 Å². The van der Waals surface area contributed by atoms with Gasteiger partial charge in [-0.15, -0.1) is 0 Å². The lowest BCUT2D eigenvalue weighted by atomic mass is 10.4. The molecule has 0 saturated carbocycles. The minimum absolute atomic E-state index is 0. The first-order valence-electron chi connectivity index (χ1n) is 4.86. The standard InChI is InChI=1S/C7H16N2.C2H6.H2/c8-4-3-7-9-5-1-2-6-9;1-2;/h1-8H2;1-2H3;1H. The van der Waals surface area contributed by atoms with E-state index in [1.807, 2.05) is 13.8 Å². The zero-order chi connectivity index (χ0) is 8.53. The van der Waals surface area contributed by atoms with Crippen molar-refractivity contribution in [3.63, 3.8) is 0 Å². The average molecular weight is 160 g/mol. The molecule has 11 heavy (non-hydrogen) atoms. The Bertz CT molecular complexity index is 72.9. The fraction of sp³-hybridized carbons (Fsp3) is 1.00. The van der Waals surface area contributed by atoms with Gasteiger partial charge in [0.2, 0.25) is 0 Å². The molecule has 1 aliphatic heterocycles. The van der Waals surface area contributed by atoms with Crippen molar-refractivity contribution >= 4 is 0 Å². The zero-order valence-corrected chi connectivity index (χ0v) is 7.97. The Morgan fingerprint density at radius 1 is 1.27 bits per heavy atom.